The SMILES string of the molecule is O=CCc1cccs1. The molecule has 0 bridgehead atoms. The van der Waals surface area contributed by atoms with E-state index in [4.69, 9.17) is 0 Å². The fourth-order valence-corrected chi connectivity index (χ4v) is 1.16. The molecule has 0 amide bonds. The van der Waals surface area contributed by atoms with Gasteiger partial charge in [-0.3, -0.25) is 0 Å². The molecule has 0 saturated heterocycles. The van der Waals surface area contributed by atoms with E-state index in [-0.39, 0.29) is 0 Å². The van der Waals surface area contributed by atoms with E-state index in [2.05, 4.69) is 0 Å². The van der Waals surface area contributed by atoms with Gasteiger partial charge in [-0.1, -0.05) is 6.07 Å². The summed E-state index contributed by atoms with van der Waals surface area (Å²) in [6.07, 6.45) is 1.49. The average Bonchev–Trinajstić information content (AvgIpc) is 2.19. The molecule has 0 saturated carbocycles. The number of hydrogen-bond acceptors (Lipinski definition) is 2. The van der Waals surface area contributed by atoms with Gasteiger partial charge in [0, 0.05) is 11.3 Å². The Kier molecular flexibility index (Phi) is 1.80. The second-order valence-corrected chi connectivity index (χ2v) is 2.48. The van der Waals surface area contributed by atoms with E-state index in [0.717, 1.165) is 11.2 Å². The molecule has 0 radical (unpaired) electrons. The predicted molar refractivity (Wildman–Crippen MR) is 34.1 cm³/mol. The molecule has 42 valence electrons. The largest absolute Gasteiger partial charge is 0.303 e. The molecule has 1 nitrogen and oxygen atoms in total. The van der Waals surface area contributed by atoms with E-state index in [0.29, 0.717) is 6.42 Å². The molecule has 0 spiro atoms. The van der Waals surface area contributed by atoms with Crippen LogP contribution in [0.3, 0.4) is 0 Å². The van der Waals surface area contributed by atoms with E-state index < -0.39 is 0 Å². The van der Waals surface area contributed by atoms with Gasteiger partial charge in [0.2, 0.25) is 0 Å². The number of thiophene rings is 1. The normalized spacial score (nSPS) is 9.00. The van der Waals surface area contributed by atoms with Crippen molar-refractivity contribution >= 4 is 17.6 Å². The van der Waals surface area contributed by atoms with Crippen molar-refractivity contribution in [3.63, 3.8) is 0 Å². The van der Waals surface area contributed by atoms with Gasteiger partial charge in [-0.2, -0.15) is 0 Å². The van der Waals surface area contributed by atoms with Gasteiger partial charge in [0.1, 0.15) is 6.29 Å². The maximum absolute atomic E-state index is 9.88. The summed E-state index contributed by atoms with van der Waals surface area (Å²) in [6.45, 7) is 0. The molecule has 0 unspecified atom stereocenters. The van der Waals surface area contributed by atoms with Crippen LogP contribution in [0.4, 0.5) is 0 Å². The quantitative estimate of drug-likeness (QED) is 0.549. The molecule has 0 aromatic carbocycles. The molecule has 1 rings (SSSR count). The number of carbonyl (C=O) groups excluding carboxylic acids is 1. The van der Waals surface area contributed by atoms with Crippen molar-refractivity contribution < 1.29 is 4.79 Å². The molecular weight excluding hydrogens is 120 g/mol. The summed E-state index contributed by atoms with van der Waals surface area (Å²) in [5, 5.41) is 1.97. The van der Waals surface area contributed by atoms with Crippen molar-refractivity contribution in [2.75, 3.05) is 0 Å². The van der Waals surface area contributed by atoms with Crippen LogP contribution in [0, 0.1) is 0 Å². The van der Waals surface area contributed by atoms with Crippen LogP contribution in [0.15, 0.2) is 17.5 Å². The highest BCUT2D eigenvalue weighted by Gasteiger charge is 1.87. The van der Waals surface area contributed by atoms with Gasteiger partial charge < -0.3 is 4.79 Å². The second-order valence-electron chi connectivity index (χ2n) is 1.45. The van der Waals surface area contributed by atoms with Crippen LogP contribution < -0.4 is 0 Å². The Morgan fingerprint density at radius 3 is 3.12 bits per heavy atom. The highest BCUT2D eigenvalue weighted by atomic mass is 32.1. The standard InChI is InChI=1S/C6H6OS/c7-4-3-6-2-1-5-8-6/h1-2,4-5H,3H2. The van der Waals surface area contributed by atoms with Gasteiger partial charge in [-0.25, -0.2) is 0 Å². The molecule has 0 aliphatic rings. The van der Waals surface area contributed by atoms with E-state index in [1.54, 1.807) is 11.3 Å². The summed E-state index contributed by atoms with van der Waals surface area (Å²) in [4.78, 5) is 11.0. The fraction of sp³-hybridized carbons (Fsp3) is 0.167. The lowest BCUT2D eigenvalue weighted by Gasteiger charge is -1.78. The smallest absolute Gasteiger partial charge is 0.125 e. The average molecular weight is 126 g/mol. The molecule has 0 aliphatic heterocycles. The first-order valence-electron chi connectivity index (χ1n) is 2.39. The van der Waals surface area contributed by atoms with Gasteiger partial charge in [0.15, 0.2) is 0 Å². The van der Waals surface area contributed by atoms with Crippen molar-refractivity contribution in [1.82, 2.24) is 0 Å². The highest BCUT2D eigenvalue weighted by molar-refractivity contribution is 7.10. The third kappa shape index (κ3) is 1.17. The van der Waals surface area contributed by atoms with Crippen LogP contribution in [-0.4, -0.2) is 6.29 Å². The molecule has 1 aromatic rings. The second kappa shape index (κ2) is 2.62. The molecule has 1 aromatic heterocycles. The summed E-state index contributed by atoms with van der Waals surface area (Å²) in [6, 6.07) is 3.91. The fourth-order valence-electron chi connectivity index (χ4n) is 0.511. The first-order chi connectivity index (χ1) is 3.93. The van der Waals surface area contributed by atoms with E-state index in [1.807, 2.05) is 17.5 Å². The summed E-state index contributed by atoms with van der Waals surface area (Å²) in [5.74, 6) is 0. The zero-order valence-electron chi connectivity index (χ0n) is 4.33. The van der Waals surface area contributed by atoms with Crippen LogP contribution in [0.1, 0.15) is 4.88 Å². The van der Waals surface area contributed by atoms with E-state index in [9.17, 15) is 4.79 Å². The Morgan fingerprint density at radius 1 is 1.75 bits per heavy atom. The maximum atomic E-state index is 9.88. The zero-order chi connectivity index (χ0) is 5.82. The lowest BCUT2D eigenvalue weighted by Crippen LogP contribution is -1.76. The minimum atomic E-state index is 0.567. The maximum Gasteiger partial charge on any atom is 0.125 e. The Morgan fingerprint density at radius 2 is 2.62 bits per heavy atom. The van der Waals surface area contributed by atoms with Crippen LogP contribution in [0.2, 0.25) is 0 Å². The Hall–Kier alpha value is -0.630. The summed E-state index contributed by atoms with van der Waals surface area (Å²) in [5.41, 5.74) is 0. The van der Waals surface area contributed by atoms with Crippen molar-refractivity contribution in [1.29, 1.82) is 0 Å². The minimum absolute atomic E-state index is 0.567. The van der Waals surface area contributed by atoms with Crippen molar-refractivity contribution in [2.45, 2.75) is 6.42 Å². The Bertz CT molecular complexity index is 155. The molecule has 0 atom stereocenters. The number of rotatable bonds is 2. The topological polar surface area (TPSA) is 17.1 Å². The lowest BCUT2D eigenvalue weighted by atomic mass is 10.4. The zero-order valence-corrected chi connectivity index (χ0v) is 5.15. The van der Waals surface area contributed by atoms with Gasteiger partial charge in [0.25, 0.3) is 0 Å². The molecular formula is C6H6OS. The van der Waals surface area contributed by atoms with Crippen LogP contribution in [0.25, 0.3) is 0 Å². The molecule has 8 heavy (non-hydrogen) atoms. The monoisotopic (exact) mass is 126 g/mol. The third-order valence-corrected chi connectivity index (χ3v) is 1.76. The van der Waals surface area contributed by atoms with Gasteiger partial charge in [0.05, 0.1) is 0 Å². The summed E-state index contributed by atoms with van der Waals surface area (Å²) >= 11 is 1.62. The number of hydrogen-bond donors (Lipinski definition) is 0. The van der Waals surface area contributed by atoms with Crippen molar-refractivity contribution in [3.05, 3.63) is 22.4 Å². The van der Waals surface area contributed by atoms with Crippen LogP contribution in [-0.2, 0) is 11.2 Å². The molecule has 1 heterocycles. The molecule has 2 heteroatoms. The van der Waals surface area contributed by atoms with Gasteiger partial charge >= 0.3 is 0 Å². The van der Waals surface area contributed by atoms with Gasteiger partial charge in [-0.15, -0.1) is 11.3 Å². The van der Waals surface area contributed by atoms with E-state index in [1.165, 1.54) is 0 Å². The number of aldehydes is 1. The van der Waals surface area contributed by atoms with Crippen molar-refractivity contribution in [3.8, 4) is 0 Å². The Labute approximate surface area is 52.0 Å². The lowest BCUT2D eigenvalue weighted by molar-refractivity contribution is -0.107. The molecule has 0 N–H and O–H groups in total. The molecule has 0 fully saturated rings. The molecule has 0 aliphatic carbocycles. The van der Waals surface area contributed by atoms with E-state index >= 15 is 0 Å². The summed E-state index contributed by atoms with van der Waals surface area (Å²) in [7, 11) is 0. The van der Waals surface area contributed by atoms with Gasteiger partial charge in [-0.05, 0) is 11.4 Å². The minimum Gasteiger partial charge on any atom is -0.303 e. The third-order valence-electron chi connectivity index (χ3n) is 0.865. The van der Waals surface area contributed by atoms with Crippen LogP contribution >= 0.6 is 11.3 Å². The Balaban J connectivity index is 2.62. The highest BCUT2D eigenvalue weighted by Crippen LogP contribution is 2.06. The summed E-state index contributed by atoms with van der Waals surface area (Å²) < 4.78 is 0. The first kappa shape index (κ1) is 5.51. The van der Waals surface area contributed by atoms with Crippen LogP contribution in [0.5, 0.6) is 0 Å². The van der Waals surface area contributed by atoms with Crippen molar-refractivity contribution in [2.24, 2.45) is 0 Å². The number of carbonyl (C=O) groups is 1. The first-order valence-corrected chi connectivity index (χ1v) is 3.27. The predicted octanol–water partition coefficient (Wildman–Crippen LogP) is 1.49.